The van der Waals surface area contributed by atoms with Gasteiger partial charge in [0, 0.05) is 11.6 Å². The molecule has 3 saturated carbocycles. The molecule has 1 amide bonds. The Morgan fingerprint density at radius 1 is 1.41 bits per heavy atom. The zero-order chi connectivity index (χ0) is 11.9. The van der Waals surface area contributed by atoms with E-state index < -0.39 is 0 Å². The molecule has 2 atom stereocenters. The minimum absolute atomic E-state index is 0.176. The maximum Gasteiger partial charge on any atom is 0.243 e. The van der Waals surface area contributed by atoms with E-state index in [1.165, 1.54) is 37.8 Å². The second-order valence-electron chi connectivity index (χ2n) is 6.33. The fourth-order valence-electron chi connectivity index (χ4n) is 3.48. The van der Waals surface area contributed by atoms with Crippen molar-refractivity contribution < 1.29 is 4.79 Å². The highest BCUT2D eigenvalue weighted by Gasteiger charge is 2.60. The van der Waals surface area contributed by atoms with E-state index in [2.05, 4.69) is 17.5 Å². The van der Waals surface area contributed by atoms with Crippen LogP contribution in [0.2, 0.25) is 0 Å². The fourth-order valence-corrected chi connectivity index (χ4v) is 3.48. The van der Waals surface area contributed by atoms with Crippen LogP contribution >= 0.6 is 0 Å². The molecular weight excluding hydrogens is 212 g/mol. The van der Waals surface area contributed by atoms with E-state index >= 15 is 0 Å². The van der Waals surface area contributed by atoms with Crippen LogP contribution in [0.15, 0.2) is 5.10 Å². The van der Waals surface area contributed by atoms with Gasteiger partial charge in [0.05, 0.1) is 0 Å². The molecule has 3 rings (SSSR count). The number of carbonyl (C=O) groups is 1. The van der Waals surface area contributed by atoms with Crippen LogP contribution in [-0.4, -0.2) is 11.6 Å². The van der Waals surface area contributed by atoms with Crippen molar-refractivity contribution in [2.75, 3.05) is 0 Å². The van der Waals surface area contributed by atoms with Gasteiger partial charge in [-0.3, -0.25) is 4.79 Å². The zero-order valence-corrected chi connectivity index (χ0v) is 10.7. The number of hydrogen-bond acceptors (Lipinski definition) is 2. The van der Waals surface area contributed by atoms with Crippen LogP contribution in [0.25, 0.3) is 0 Å². The van der Waals surface area contributed by atoms with E-state index in [4.69, 9.17) is 0 Å². The summed E-state index contributed by atoms with van der Waals surface area (Å²) in [4.78, 5) is 11.9. The van der Waals surface area contributed by atoms with Crippen molar-refractivity contribution in [3.8, 4) is 0 Å². The molecule has 0 aromatic rings. The summed E-state index contributed by atoms with van der Waals surface area (Å²) in [5.41, 5.74) is 4.42. The molecule has 0 bridgehead atoms. The lowest BCUT2D eigenvalue weighted by Gasteiger charge is -2.26. The number of nitrogens with zero attached hydrogens (tertiary/aromatic N) is 1. The summed E-state index contributed by atoms with van der Waals surface area (Å²) in [7, 11) is 0. The van der Waals surface area contributed by atoms with Gasteiger partial charge >= 0.3 is 0 Å². The van der Waals surface area contributed by atoms with Crippen LogP contribution in [0, 0.1) is 17.3 Å². The maximum atomic E-state index is 11.9. The topological polar surface area (TPSA) is 41.5 Å². The van der Waals surface area contributed by atoms with Gasteiger partial charge in [-0.25, -0.2) is 5.43 Å². The van der Waals surface area contributed by atoms with Crippen molar-refractivity contribution in [1.82, 2.24) is 5.43 Å². The molecule has 3 nitrogen and oxygen atoms in total. The maximum absolute atomic E-state index is 11.9. The van der Waals surface area contributed by atoms with E-state index in [1.807, 2.05) is 0 Å². The number of amides is 1. The summed E-state index contributed by atoms with van der Waals surface area (Å²) in [5.74, 6) is 1.19. The fraction of sp³-hybridized carbons (Fsp3) is 0.857. The van der Waals surface area contributed by atoms with Crippen molar-refractivity contribution in [2.24, 2.45) is 22.4 Å². The Labute approximate surface area is 103 Å². The van der Waals surface area contributed by atoms with Gasteiger partial charge in [-0.2, -0.15) is 5.10 Å². The molecular formula is C14H22N2O. The summed E-state index contributed by atoms with van der Waals surface area (Å²) in [6.07, 6.45) is 9.62. The lowest BCUT2D eigenvalue weighted by Crippen LogP contribution is -2.27. The Morgan fingerprint density at radius 2 is 2.24 bits per heavy atom. The normalized spacial score (nSPS) is 36.6. The van der Waals surface area contributed by atoms with E-state index in [9.17, 15) is 4.79 Å². The van der Waals surface area contributed by atoms with Crippen LogP contribution in [-0.2, 0) is 4.79 Å². The van der Waals surface area contributed by atoms with Crippen LogP contribution in [0.5, 0.6) is 0 Å². The molecule has 3 aliphatic carbocycles. The van der Waals surface area contributed by atoms with Gasteiger partial charge in [0.1, 0.15) is 0 Å². The average Bonchev–Trinajstić information content (AvgIpc) is 3.01. The second kappa shape index (κ2) is 4.11. The van der Waals surface area contributed by atoms with Crippen LogP contribution in [0.1, 0.15) is 58.3 Å². The van der Waals surface area contributed by atoms with Gasteiger partial charge in [0.15, 0.2) is 0 Å². The van der Waals surface area contributed by atoms with Gasteiger partial charge in [-0.05, 0) is 56.3 Å². The number of rotatable bonds is 2. The van der Waals surface area contributed by atoms with Crippen LogP contribution in [0.4, 0.5) is 0 Å². The van der Waals surface area contributed by atoms with Crippen molar-refractivity contribution >= 4 is 11.6 Å². The molecule has 1 spiro atoms. The first-order valence-electron chi connectivity index (χ1n) is 7.05. The molecule has 17 heavy (non-hydrogen) atoms. The zero-order valence-electron chi connectivity index (χ0n) is 10.7. The first-order valence-corrected chi connectivity index (χ1v) is 7.05. The lowest BCUT2D eigenvalue weighted by atomic mass is 9.80. The number of carbonyl (C=O) groups excluding carboxylic acids is 1. The highest BCUT2D eigenvalue weighted by Crippen LogP contribution is 2.65. The number of hydrogen-bond donors (Lipinski definition) is 1. The van der Waals surface area contributed by atoms with Crippen molar-refractivity contribution in [1.29, 1.82) is 0 Å². The molecule has 0 saturated heterocycles. The minimum atomic E-state index is 0.176. The summed E-state index contributed by atoms with van der Waals surface area (Å²) < 4.78 is 0. The van der Waals surface area contributed by atoms with E-state index in [-0.39, 0.29) is 11.8 Å². The third-order valence-corrected chi connectivity index (χ3v) is 4.93. The molecule has 0 aliphatic heterocycles. The first kappa shape index (κ1) is 11.2. The van der Waals surface area contributed by atoms with Crippen molar-refractivity contribution in [3.63, 3.8) is 0 Å². The van der Waals surface area contributed by atoms with Gasteiger partial charge < -0.3 is 0 Å². The Balaban J connectivity index is 1.50. The Morgan fingerprint density at radius 3 is 2.82 bits per heavy atom. The Bertz CT molecular complexity index is 357. The molecule has 3 heteroatoms. The molecule has 94 valence electrons. The molecule has 0 radical (unpaired) electrons. The summed E-state index contributed by atoms with van der Waals surface area (Å²) in [6.45, 7) is 2.26. The summed E-state index contributed by atoms with van der Waals surface area (Å²) in [6, 6.07) is 0. The molecule has 0 aromatic heterocycles. The smallest absolute Gasteiger partial charge is 0.243 e. The number of hydrazone groups is 1. The van der Waals surface area contributed by atoms with E-state index in [1.54, 1.807) is 0 Å². The van der Waals surface area contributed by atoms with Gasteiger partial charge in [-0.1, -0.05) is 13.3 Å². The summed E-state index contributed by atoms with van der Waals surface area (Å²) in [5, 5.41) is 4.34. The molecule has 0 aromatic carbocycles. The van der Waals surface area contributed by atoms with E-state index in [0.29, 0.717) is 5.41 Å². The van der Waals surface area contributed by atoms with Crippen LogP contribution < -0.4 is 5.43 Å². The SMILES string of the molecule is CC1CCCC(=NNC(=O)C2CC23CCC3)C1. The highest BCUT2D eigenvalue weighted by molar-refractivity contribution is 5.88. The highest BCUT2D eigenvalue weighted by atomic mass is 16.2. The monoisotopic (exact) mass is 234 g/mol. The molecule has 3 fully saturated rings. The van der Waals surface area contributed by atoms with Gasteiger partial charge in [0.25, 0.3) is 0 Å². The molecule has 2 unspecified atom stereocenters. The first-order chi connectivity index (χ1) is 8.20. The Hall–Kier alpha value is -0.860. The second-order valence-corrected chi connectivity index (χ2v) is 6.33. The van der Waals surface area contributed by atoms with Gasteiger partial charge in [0.2, 0.25) is 5.91 Å². The average molecular weight is 234 g/mol. The predicted molar refractivity (Wildman–Crippen MR) is 67.6 cm³/mol. The number of nitrogens with one attached hydrogen (secondary N) is 1. The Kier molecular flexibility index (Phi) is 2.72. The minimum Gasteiger partial charge on any atom is -0.273 e. The predicted octanol–water partition coefficient (Wildman–Crippen LogP) is 2.86. The quantitative estimate of drug-likeness (QED) is 0.733. The standard InChI is InChI=1S/C14H22N2O/c1-10-4-2-5-11(8-10)15-16-13(17)12-9-14(12)6-3-7-14/h10,12H,2-9H2,1H3,(H,16,17). The third-order valence-electron chi connectivity index (χ3n) is 4.93. The van der Waals surface area contributed by atoms with Crippen molar-refractivity contribution in [2.45, 2.75) is 58.3 Å². The largest absolute Gasteiger partial charge is 0.273 e. The molecule has 0 heterocycles. The molecule has 3 aliphatic rings. The third kappa shape index (κ3) is 2.12. The van der Waals surface area contributed by atoms with Gasteiger partial charge in [-0.15, -0.1) is 0 Å². The molecule has 1 N–H and O–H groups in total. The van der Waals surface area contributed by atoms with E-state index in [0.717, 1.165) is 25.2 Å². The van der Waals surface area contributed by atoms with Crippen molar-refractivity contribution in [3.05, 3.63) is 0 Å². The lowest BCUT2D eigenvalue weighted by molar-refractivity contribution is -0.123. The van der Waals surface area contributed by atoms with Crippen LogP contribution in [0.3, 0.4) is 0 Å². The summed E-state index contributed by atoms with van der Waals surface area (Å²) >= 11 is 0.